The van der Waals surface area contributed by atoms with Crippen LogP contribution in [-0.4, -0.2) is 38.2 Å². The van der Waals surface area contributed by atoms with Gasteiger partial charge in [0.2, 0.25) is 11.7 Å². The highest BCUT2D eigenvalue weighted by molar-refractivity contribution is 6.30. The molecule has 0 bridgehead atoms. The number of carbonyl (C=O) groups excluding carboxylic acids is 1. The molecule has 0 spiro atoms. The first-order valence-corrected chi connectivity index (χ1v) is 9.86. The van der Waals surface area contributed by atoms with E-state index < -0.39 is 12.0 Å². The second-order valence-corrected chi connectivity index (χ2v) is 8.21. The Bertz CT molecular complexity index is 921. The maximum absolute atomic E-state index is 13.0. The molecule has 2 heterocycles. The summed E-state index contributed by atoms with van der Waals surface area (Å²) in [6.45, 7) is 0.126. The quantitative estimate of drug-likeness (QED) is 0.816. The van der Waals surface area contributed by atoms with Crippen LogP contribution >= 0.6 is 11.6 Å². The molecule has 1 aliphatic carbocycles. The van der Waals surface area contributed by atoms with Gasteiger partial charge in [-0.25, -0.2) is 0 Å². The van der Waals surface area contributed by atoms with Gasteiger partial charge in [-0.05, 0) is 43.4 Å². The number of hydrogen-bond acceptors (Lipinski definition) is 4. The van der Waals surface area contributed by atoms with E-state index in [1.165, 1.54) is 0 Å². The first-order valence-electron chi connectivity index (χ1n) is 9.48. The van der Waals surface area contributed by atoms with Crippen molar-refractivity contribution >= 4 is 17.5 Å². The first-order chi connectivity index (χ1) is 13.7. The number of fused-ring (bicyclic) bond motifs is 1. The Labute approximate surface area is 170 Å². The first kappa shape index (κ1) is 20.2. The molecule has 1 aliphatic heterocycles. The molecule has 0 atom stereocenters. The zero-order valence-corrected chi connectivity index (χ0v) is 16.4. The molecule has 2 N–H and O–H groups in total. The van der Waals surface area contributed by atoms with Crippen LogP contribution in [0.25, 0.3) is 0 Å². The number of nitrogens with two attached hydrogens (primary N) is 1. The zero-order valence-electron chi connectivity index (χ0n) is 15.6. The molecule has 4 rings (SSSR count). The van der Waals surface area contributed by atoms with Crippen LogP contribution in [0.5, 0.6) is 0 Å². The smallest absolute Gasteiger partial charge is 0.331 e. The third kappa shape index (κ3) is 3.61. The van der Waals surface area contributed by atoms with Gasteiger partial charge in [0, 0.05) is 23.0 Å². The zero-order chi connectivity index (χ0) is 20.8. The van der Waals surface area contributed by atoms with Crippen molar-refractivity contribution in [1.82, 2.24) is 19.7 Å². The Hall–Kier alpha value is -2.13. The molecular formula is C19H21ClF3N5O. The van der Waals surface area contributed by atoms with E-state index in [-0.39, 0.29) is 36.3 Å². The third-order valence-electron chi connectivity index (χ3n) is 6.19. The lowest BCUT2D eigenvalue weighted by Gasteiger charge is -2.44. The minimum absolute atomic E-state index is 0.0410. The van der Waals surface area contributed by atoms with Gasteiger partial charge in [0.05, 0.1) is 6.54 Å². The van der Waals surface area contributed by atoms with Crippen LogP contribution < -0.4 is 5.73 Å². The van der Waals surface area contributed by atoms with E-state index in [1.54, 1.807) is 4.90 Å². The lowest BCUT2D eigenvalue weighted by molar-refractivity contribution is -0.150. The lowest BCUT2D eigenvalue weighted by Crippen LogP contribution is -2.50. The highest BCUT2D eigenvalue weighted by Crippen LogP contribution is 2.41. The molecule has 1 fully saturated rings. The Kier molecular flexibility index (Phi) is 5.06. The van der Waals surface area contributed by atoms with Gasteiger partial charge in [0.1, 0.15) is 6.54 Å². The van der Waals surface area contributed by atoms with Crippen molar-refractivity contribution in [3.8, 4) is 0 Å². The van der Waals surface area contributed by atoms with Crippen LogP contribution in [0.3, 0.4) is 0 Å². The van der Waals surface area contributed by atoms with Crippen LogP contribution in [0.1, 0.15) is 42.9 Å². The van der Waals surface area contributed by atoms with Gasteiger partial charge in [-0.15, -0.1) is 10.2 Å². The molecule has 1 aromatic carbocycles. The molecule has 2 aliphatic rings. The molecule has 1 amide bonds. The largest absolute Gasteiger partial charge is 0.451 e. The van der Waals surface area contributed by atoms with E-state index in [2.05, 4.69) is 10.2 Å². The average Bonchev–Trinajstić information content (AvgIpc) is 3.10. The fourth-order valence-corrected chi connectivity index (χ4v) is 4.71. The van der Waals surface area contributed by atoms with Crippen LogP contribution in [0.2, 0.25) is 5.02 Å². The minimum atomic E-state index is -4.63. The molecule has 1 saturated carbocycles. The van der Waals surface area contributed by atoms with Gasteiger partial charge in [-0.1, -0.05) is 23.7 Å². The summed E-state index contributed by atoms with van der Waals surface area (Å²) in [5.74, 6) is -1.29. The Morgan fingerprint density at radius 2 is 1.93 bits per heavy atom. The number of hydrogen-bond donors (Lipinski definition) is 1. The summed E-state index contributed by atoms with van der Waals surface area (Å²) in [4.78, 5) is 14.3. The van der Waals surface area contributed by atoms with Crippen molar-refractivity contribution < 1.29 is 18.0 Å². The second-order valence-electron chi connectivity index (χ2n) is 7.77. The van der Waals surface area contributed by atoms with Crippen molar-refractivity contribution in [2.75, 3.05) is 6.54 Å². The molecule has 0 radical (unpaired) electrons. The maximum Gasteiger partial charge on any atom is 0.451 e. The van der Waals surface area contributed by atoms with Crippen molar-refractivity contribution in [3.63, 3.8) is 0 Å². The van der Waals surface area contributed by atoms with Crippen molar-refractivity contribution in [2.45, 2.75) is 56.4 Å². The van der Waals surface area contributed by atoms with E-state index in [0.717, 1.165) is 35.8 Å². The van der Waals surface area contributed by atoms with E-state index in [1.807, 2.05) is 24.3 Å². The van der Waals surface area contributed by atoms with E-state index in [9.17, 15) is 18.0 Å². The monoisotopic (exact) mass is 427 g/mol. The van der Waals surface area contributed by atoms with Crippen LogP contribution in [0.4, 0.5) is 13.2 Å². The highest BCUT2D eigenvalue weighted by atomic mass is 35.5. The molecule has 10 heteroatoms. The predicted octanol–water partition coefficient (Wildman–Crippen LogP) is 3.13. The van der Waals surface area contributed by atoms with Crippen LogP contribution in [0.15, 0.2) is 24.3 Å². The average molecular weight is 428 g/mol. The number of halogens is 4. The molecule has 0 saturated heterocycles. The molecule has 156 valence electrons. The van der Waals surface area contributed by atoms with Crippen LogP contribution in [-0.2, 0) is 29.5 Å². The number of amides is 1. The summed E-state index contributed by atoms with van der Waals surface area (Å²) >= 11 is 6.15. The van der Waals surface area contributed by atoms with Gasteiger partial charge in [-0.3, -0.25) is 9.36 Å². The van der Waals surface area contributed by atoms with Crippen molar-refractivity contribution in [3.05, 3.63) is 46.5 Å². The normalized spacial score (nSPS) is 25.2. The summed E-state index contributed by atoms with van der Waals surface area (Å²) in [6, 6.07) is 7.62. The molecule has 1 aromatic heterocycles. The van der Waals surface area contributed by atoms with E-state index >= 15 is 0 Å². The van der Waals surface area contributed by atoms with E-state index in [4.69, 9.17) is 17.3 Å². The number of carbonyl (C=O) groups is 1. The fourth-order valence-electron chi connectivity index (χ4n) is 4.52. The minimum Gasteiger partial charge on any atom is -0.331 e. The number of alkyl halides is 3. The standard InChI is InChI=1S/C19H21ClF3N5O/c20-13-3-1-2-12(8-13)18(11-24)6-4-14(5-7-18)27-9-15-25-26-17(19(21,22)23)28(15)10-16(27)29/h1-3,8,14H,4-7,9-11,24H2/t14-,18-. The SMILES string of the molecule is NC[C@]1(c2cccc(Cl)c2)CC[C@H](N2Cc3nnc(C(F)(F)F)n3CC2=O)CC1. The summed E-state index contributed by atoms with van der Waals surface area (Å²) in [5.41, 5.74) is 7.01. The van der Waals surface area contributed by atoms with Gasteiger partial charge >= 0.3 is 6.18 Å². The lowest BCUT2D eigenvalue weighted by atomic mass is 9.68. The number of nitrogens with zero attached hydrogens (tertiary/aromatic N) is 4. The molecule has 29 heavy (non-hydrogen) atoms. The molecule has 6 nitrogen and oxygen atoms in total. The third-order valence-corrected chi connectivity index (χ3v) is 6.42. The van der Waals surface area contributed by atoms with E-state index in [0.29, 0.717) is 11.6 Å². The fraction of sp³-hybridized carbons (Fsp3) is 0.526. The Morgan fingerprint density at radius 3 is 2.55 bits per heavy atom. The molecular weight excluding hydrogens is 407 g/mol. The summed E-state index contributed by atoms with van der Waals surface area (Å²) in [5, 5.41) is 7.57. The Balaban J connectivity index is 1.50. The van der Waals surface area contributed by atoms with Gasteiger partial charge < -0.3 is 10.6 Å². The predicted molar refractivity (Wildman–Crippen MR) is 100 cm³/mol. The van der Waals surface area contributed by atoms with Crippen LogP contribution in [0, 0.1) is 0 Å². The van der Waals surface area contributed by atoms with Crippen molar-refractivity contribution in [1.29, 1.82) is 0 Å². The molecule has 0 unspecified atom stereocenters. The van der Waals surface area contributed by atoms with Gasteiger partial charge in [0.15, 0.2) is 5.82 Å². The van der Waals surface area contributed by atoms with Gasteiger partial charge in [0.25, 0.3) is 0 Å². The summed E-state index contributed by atoms with van der Waals surface area (Å²) in [6.07, 6.45) is -1.64. The van der Waals surface area contributed by atoms with Gasteiger partial charge in [-0.2, -0.15) is 13.2 Å². The van der Waals surface area contributed by atoms with Crippen molar-refractivity contribution in [2.24, 2.45) is 5.73 Å². The molecule has 2 aromatic rings. The summed E-state index contributed by atoms with van der Waals surface area (Å²) in [7, 11) is 0. The topological polar surface area (TPSA) is 77.0 Å². The summed E-state index contributed by atoms with van der Waals surface area (Å²) < 4.78 is 40.0. The number of benzene rings is 1. The number of rotatable bonds is 3. The number of aromatic nitrogens is 3. The second kappa shape index (κ2) is 7.28. The highest BCUT2D eigenvalue weighted by Gasteiger charge is 2.43. The maximum atomic E-state index is 13.0. The Morgan fingerprint density at radius 1 is 1.21 bits per heavy atom.